The van der Waals surface area contributed by atoms with Gasteiger partial charge >= 0.3 is 0 Å². The van der Waals surface area contributed by atoms with Gasteiger partial charge in [-0.15, -0.1) is 0 Å². The van der Waals surface area contributed by atoms with Crippen LogP contribution in [-0.4, -0.2) is 20.3 Å². The molecule has 0 atom stereocenters. The number of hydrogen-bond acceptors (Lipinski definition) is 3. The first-order valence-electron chi connectivity index (χ1n) is 6.90. The minimum Gasteiger partial charge on any atom is -0.491 e. The monoisotopic (exact) mass is 305 g/mol. The molecule has 0 bridgehead atoms. The van der Waals surface area contributed by atoms with Crippen molar-refractivity contribution in [3.8, 4) is 5.75 Å². The zero-order valence-corrected chi connectivity index (χ0v) is 13.1. The molecule has 4 heteroatoms. The van der Waals surface area contributed by atoms with Crippen molar-refractivity contribution in [2.24, 2.45) is 0 Å². The summed E-state index contributed by atoms with van der Waals surface area (Å²) >= 11 is 6.01. The lowest BCUT2D eigenvalue weighted by atomic mass is 10.1. The lowest BCUT2D eigenvalue weighted by Gasteiger charge is -2.11. The largest absolute Gasteiger partial charge is 0.491 e. The lowest BCUT2D eigenvalue weighted by Crippen LogP contribution is -2.04. The molecule has 112 valence electrons. The number of benzene rings is 2. The molecule has 0 unspecified atom stereocenters. The molecule has 0 aromatic heterocycles. The van der Waals surface area contributed by atoms with Crippen LogP contribution < -0.4 is 10.1 Å². The number of ether oxygens (including phenoxy) is 2. The van der Waals surface area contributed by atoms with E-state index in [1.165, 1.54) is 11.1 Å². The third kappa shape index (κ3) is 4.96. The van der Waals surface area contributed by atoms with Gasteiger partial charge in [-0.25, -0.2) is 0 Å². The van der Waals surface area contributed by atoms with Crippen molar-refractivity contribution < 1.29 is 9.47 Å². The molecule has 2 aromatic rings. The molecule has 0 aliphatic rings. The second-order valence-corrected chi connectivity index (χ2v) is 5.23. The summed E-state index contributed by atoms with van der Waals surface area (Å²) in [6, 6.07) is 13.9. The van der Waals surface area contributed by atoms with E-state index in [4.69, 9.17) is 21.1 Å². The molecule has 3 nitrogen and oxygen atoms in total. The topological polar surface area (TPSA) is 30.5 Å². The van der Waals surface area contributed by atoms with Crippen molar-refractivity contribution in [2.45, 2.75) is 13.5 Å². The Hall–Kier alpha value is -1.71. The SMILES string of the molecule is COCCOc1ccc(CNc2cc(Cl)ccc2C)cc1. The Balaban J connectivity index is 1.90. The third-order valence-corrected chi connectivity index (χ3v) is 3.40. The zero-order valence-electron chi connectivity index (χ0n) is 12.4. The van der Waals surface area contributed by atoms with E-state index in [2.05, 4.69) is 24.4 Å². The summed E-state index contributed by atoms with van der Waals surface area (Å²) in [6.45, 7) is 3.97. The number of rotatable bonds is 7. The Kier molecular flexibility index (Phi) is 5.90. The van der Waals surface area contributed by atoms with Crippen molar-refractivity contribution in [3.63, 3.8) is 0 Å². The first-order chi connectivity index (χ1) is 10.2. The normalized spacial score (nSPS) is 10.4. The van der Waals surface area contributed by atoms with Gasteiger partial charge in [0.1, 0.15) is 12.4 Å². The van der Waals surface area contributed by atoms with Crippen LogP contribution in [0.4, 0.5) is 5.69 Å². The number of methoxy groups -OCH3 is 1. The van der Waals surface area contributed by atoms with Gasteiger partial charge in [0.25, 0.3) is 0 Å². The highest BCUT2D eigenvalue weighted by atomic mass is 35.5. The van der Waals surface area contributed by atoms with Gasteiger partial charge < -0.3 is 14.8 Å². The van der Waals surface area contributed by atoms with E-state index in [1.54, 1.807) is 7.11 Å². The fourth-order valence-corrected chi connectivity index (χ4v) is 2.10. The van der Waals surface area contributed by atoms with E-state index >= 15 is 0 Å². The molecule has 0 saturated carbocycles. The molecule has 2 rings (SSSR count). The quantitative estimate of drug-likeness (QED) is 0.774. The minimum atomic E-state index is 0.565. The Bertz CT molecular complexity index is 570. The molecule has 1 N–H and O–H groups in total. The summed E-state index contributed by atoms with van der Waals surface area (Å²) in [6.07, 6.45) is 0. The van der Waals surface area contributed by atoms with Crippen molar-refractivity contribution in [1.29, 1.82) is 0 Å². The van der Waals surface area contributed by atoms with Gasteiger partial charge in [-0.2, -0.15) is 0 Å². The van der Waals surface area contributed by atoms with Crippen LogP contribution in [0.2, 0.25) is 5.02 Å². The molecular formula is C17H20ClNO2. The number of hydrogen-bond donors (Lipinski definition) is 1. The van der Waals surface area contributed by atoms with Crippen LogP contribution in [0.1, 0.15) is 11.1 Å². The highest BCUT2D eigenvalue weighted by Gasteiger charge is 2.00. The van der Waals surface area contributed by atoms with Crippen LogP contribution in [-0.2, 0) is 11.3 Å². The number of nitrogens with one attached hydrogen (secondary N) is 1. The average Bonchev–Trinajstić information content (AvgIpc) is 2.50. The fraction of sp³-hybridized carbons (Fsp3) is 0.294. The highest BCUT2D eigenvalue weighted by Crippen LogP contribution is 2.21. The molecule has 0 spiro atoms. The van der Waals surface area contributed by atoms with E-state index in [0.29, 0.717) is 13.2 Å². The van der Waals surface area contributed by atoms with Crippen molar-refractivity contribution in [2.75, 3.05) is 25.6 Å². The van der Waals surface area contributed by atoms with Gasteiger partial charge in [-0.3, -0.25) is 0 Å². The van der Waals surface area contributed by atoms with Gasteiger partial charge in [0.05, 0.1) is 6.61 Å². The van der Waals surface area contributed by atoms with Gasteiger partial charge in [-0.05, 0) is 42.3 Å². The molecule has 0 aliphatic heterocycles. The first kappa shape index (κ1) is 15.7. The van der Waals surface area contributed by atoms with Crippen LogP contribution in [0, 0.1) is 6.92 Å². The molecule has 0 aliphatic carbocycles. The van der Waals surface area contributed by atoms with Crippen molar-refractivity contribution in [1.82, 2.24) is 0 Å². The van der Waals surface area contributed by atoms with Gasteiger partial charge in [0.2, 0.25) is 0 Å². The smallest absolute Gasteiger partial charge is 0.119 e. The van der Waals surface area contributed by atoms with Crippen LogP contribution in [0.15, 0.2) is 42.5 Å². The Morgan fingerprint density at radius 1 is 1.05 bits per heavy atom. The maximum atomic E-state index is 6.01. The third-order valence-electron chi connectivity index (χ3n) is 3.16. The second-order valence-electron chi connectivity index (χ2n) is 4.80. The standard InChI is InChI=1S/C17H20ClNO2/c1-13-3-6-15(18)11-17(13)19-12-14-4-7-16(8-5-14)21-10-9-20-2/h3-8,11,19H,9-10,12H2,1-2H3. The average molecular weight is 306 g/mol. The van der Waals surface area contributed by atoms with E-state index < -0.39 is 0 Å². The number of aryl methyl sites for hydroxylation is 1. The molecule has 0 saturated heterocycles. The number of halogens is 1. The first-order valence-corrected chi connectivity index (χ1v) is 7.27. The summed E-state index contributed by atoms with van der Waals surface area (Å²) in [5, 5.41) is 4.14. The maximum absolute atomic E-state index is 6.01. The summed E-state index contributed by atoms with van der Waals surface area (Å²) in [7, 11) is 1.66. The molecule has 0 fully saturated rings. The molecule has 21 heavy (non-hydrogen) atoms. The fourth-order valence-electron chi connectivity index (χ4n) is 1.93. The highest BCUT2D eigenvalue weighted by molar-refractivity contribution is 6.30. The molecule has 0 radical (unpaired) electrons. The summed E-state index contributed by atoms with van der Waals surface area (Å²) in [5.41, 5.74) is 3.43. The van der Waals surface area contributed by atoms with Crippen LogP contribution in [0.3, 0.4) is 0 Å². The predicted octanol–water partition coefficient (Wildman–Crippen LogP) is 4.29. The Morgan fingerprint density at radius 2 is 1.81 bits per heavy atom. The zero-order chi connectivity index (χ0) is 15.1. The molecule has 2 aromatic carbocycles. The van der Waals surface area contributed by atoms with Gasteiger partial charge in [0.15, 0.2) is 0 Å². The maximum Gasteiger partial charge on any atom is 0.119 e. The van der Waals surface area contributed by atoms with E-state index in [0.717, 1.165) is 23.0 Å². The number of anilines is 1. The van der Waals surface area contributed by atoms with Gasteiger partial charge in [0, 0.05) is 24.4 Å². The van der Waals surface area contributed by atoms with Crippen molar-refractivity contribution in [3.05, 3.63) is 58.6 Å². The lowest BCUT2D eigenvalue weighted by molar-refractivity contribution is 0.146. The van der Waals surface area contributed by atoms with E-state index in [-0.39, 0.29) is 0 Å². The molecule has 0 amide bonds. The molecule has 0 heterocycles. The summed E-state index contributed by atoms with van der Waals surface area (Å²) in [5.74, 6) is 0.856. The van der Waals surface area contributed by atoms with Crippen LogP contribution in [0.5, 0.6) is 5.75 Å². The van der Waals surface area contributed by atoms with Crippen molar-refractivity contribution >= 4 is 17.3 Å². The van der Waals surface area contributed by atoms with Crippen LogP contribution in [0.25, 0.3) is 0 Å². The minimum absolute atomic E-state index is 0.565. The van der Waals surface area contributed by atoms with E-state index in [1.807, 2.05) is 30.3 Å². The summed E-state index contributed by atoms with van der Waals surface area (Å²) in [4.78, 5) is 0. The summed E-state index contributed by atoms with van der Waals surface area (Å²) < 4.78 is 10.5. The molecular weight excluding hydrogens is 286 g/mol. The second kappa shape index (κ2) is 7.91. The van der Waals surface area contributed by atoms with E-state index in [9.17, 15) is 0 Å². The predicted molar refractivity (Wildman–Crippen MR) is 87.3 cm³/mol. The van der Waals surface area contributed by atoms with Crippen LogP contribution >= 0.6 is 11.6 Å². The Morgan fingerprint density at radius 3 is 2.52 bits per heavy atom. The Labute approximate surface area is 130 Å². The van der Waals surface area contributed by atoms with Gasteiger partial charge in [-0.1, -0.05) is 29.8 Å².